The zero-order valence-corrected chi connectivity index (χ0v) is 13.5. The summed E-state index contributed by atoms with van der Waals surface area (Å²) in [5.41, 5.74) is 1.10. The molecule has 3 rings (SSSR count). The van der Waals surface area contributed by atoms with Crippen molar-refractivity contribution in [3.8, 4) is 0 Å². The Morgan fingerprint density at radius 3 is 2.75 bits per heavy atom. The summed E-state index contributed by atoms with van der Waals surface area (Å²) in [4.78, 5) is 16.5. The van der Waals surface area contributed by atoms with Gasteiger partial charge in [-0.1, -0.05) is 41.0 Å². The molecule has 0 aliphatic rings. The average molecular weight is 346 g/mol. The highest BCUT2D eigenvalue weighted by molar-refractivity contribution is 6.34. The Balaban J connectivity index is 1.86. The lowest BCUT2D eigenvalue weighted by molar-refractivity contribution is 0.102. The number of carbonyl (C=O) groups excluding carboxylic acids is 1. The number of hydrogen-bond acceptors (Lipinski definition) is 4. The summed E-state index contributed by atoms with van der Waals surface area (Å²) in [5, 5.41) is 6.47. The molecule has 0 saturated carbocycles. The van der Waals surface area contributed by atoms with Crippen molar-refractivity contribution in [1.82, 2.24) is 10.1 Å². The third-order valence-corrected chi connectivity index (χ3v) is 3.68. The largest absolute Gasteiger partial charge is 0.339 e. The lowest BCUT2D eigenvalue weighted by Crippen LogP contribution is -2.15. The summed E-state index contributed by atoms with van der Waals surface area (Å²) < 4.78 is 19.0. The highest BCUT2D eigenvalue weighted by Gasteiger charge is 2.17. The van der Waals surface area contributed by atoms with Crippen molar-refractivity contribution in [2.24, 2.45) is 0 Å². The van der Waals surface area contributed by atoms with E-state index in [1.807, 2.05) is 12.1 Å². The molecule has 1 amide bonds. The van der Waals surface area contributed by atoms with Gasteiger partial charge in [-0.05, 0) is 30.7 Å². The number of anilines is 1. The van der Waals surface area contributed by atoms with Crippen LogP contribution in [0.25, 0.3) is 0 Å². The fourth-order valence-corrected chi connectivity index (χ4v) is 2.52. The smallest absolute Gasteiger partial charge is 0.260 e. The van der Waals surface area contributed by atoms with Crippen LogP contribution in [0.4, 0.5) is 10.1 Å². The van der Waals surface area contributed by atoms with E-state index in [-0.39, 0.29) is 10.6 Å². The maximum atomic E-state index is 13.9. The molecule has 0 aliphatic carbocycles. The fraction of sp³-hybridized carbons (Fsp3) is 0.118. The standard InChI is InChI=1S/C17H13ClFN3O2/c1-10-20-15(24-22-10)9-11-5-2-3-8-14(11)21-17(23)16-12(18)6-4-7-13(16)19/h2-8H,9H2,1H3,(H,21,23). The molecule has 0 aliphatic heterocycles. The van der Waals surface area contributed by atoms with Gasteiger partial charge in [0.2, 0.25) is 5.89 Å². The Hall–Kier alpha value is -2.73. The van der Waals surface area contributed by atoms with Gasteiger partial charge in [-0.3, -0.25) is 4.79 Å². The zero-order chi connectivity index (χ0) is 17.1. The van der Waals surface area contributed by atoms with Crippen LogP contribution in [0, 0.1) is 12.7 Å². The molecule has 0 atom stereocenters. The molecule has 0 unspecified atom stereocenters. The molecule has 3 aromatic rings. The van der Waals surface area contributed by atoms with Gasteiger partial charge in [-0.2, -0.15) is 4.98 Å². The van der Waals surface area contributed by atoms with Crippen LogP contribution in [0.1, 0.15) is 27.6 Å². The molecule has 1 aromatic heterocycles. The van der Waals surface area contributed by atoms with Crippen LogP contribution in [0.3, 0.4) is 0 Å². The van der Waals surface area contributed by atoms with E-state index in [9.17, 15) is 9.18 Å². The summed E-state index contributed by atoms with van der Waals surface area (Å²) in [5.74, 6) is -0.333. The number of halogens is 2. The molecule has 122 valence electrons. The van der Waals surface area contributed by atoms with Crippen LogP contribution in [0.15, 0.2) is 47.0 Å². The molecule has 2 aromatic carbocycles. The van der Waals surface area contributed by atoms with Gasteiger partial charge >= 0.3 is 0 Å². The molecule has 5 nitrogen and oxygen atoms in total. The highest BCUT2D eigenvalue weighted by atomic mass is 35.5. The van der Waals surface area contributed by atoms with Gasteiger partial charge < -0.3 is 9.84 Å². The van der Waals surface area contributed by atoms with Crippen molar-refractivity contribution in [3.05, 3.63) is 76.1 Å². The minimum atomic E-state index is -0.676. The van der Waals surface area contributed by atoms with Gasteiger partial charge in [0.15, 0.2) is 5.82 Å². The highest BCUT2D eigenvalue weighted by Crippen LogP contribution is 2.23. The number of aromatic nitrogens is 2. The number of amides is 1. The molecule has 0 spiro atoms. The molecular weight excluding hydrogens is 333 g/mol. The molecule has 1 N–H and O–H groups in total. The van der Waals surface area contributed by atoms with Gasteiger partial charge in [0.25, 0.3) is 5.91 Å². The Morgan fingerprint density at radius 2 is 2.04 bits per heavy atom. The quantitative estimate of drug-likeness (QED) is 0.775. The number of hydrogen-bond donors (Lipinski definition) is 1. The fourth-order valence-electron chi connectivity index (χ4n) is 2.27. The second-order valence-electron chi connectivity index (χ2n) is 5.12. The summed E-state index contributed by atoms with van der Waals surface area (Å²) >= 11 is 5.93. The molecule has 0 bridgehead atoms. The second kappa shape index (κ2) is 6.80. The zero-order valence-electron chi connectivity index (χ0n) is 12.7. The van der Waals surface area contributed by atoms with Crippen LogP contribution in [0.2, 0.25) is 5.02 Å². The number of carbonyl (C=O) groups is 1. The van der Waals surface area contributed by atoms with E-state index in [0.29, 0.717) is 23.8 Å². The van der Waals surface area contributed by atoms with Gasteiger partial charge in [0, 0.05) is 5.69 Å². The third-order valence-electron chi connectivity index (χ3n) is 3.37. The predicted octanol–water partition coefficient (Wildman–Crippen LogP) is 4.01. The Labute approximate surface area is 142 Å². The normalized spacial score (nSPS) is 10.6. The van der Waals surface area contributed by atoms with Crippen LogP contribution < -0.4 is 5.32 Å². The van der Waals surface area contributed by atoms with Crippen LogP contribution in [-0.2, 0) is 6.42 Å². The lowest BCUT2D eigenvalue weighted by Gasteiger charge is -2.11. The SMILES string of the molecule is Cc1noc(Cc2ccccc2NC(=O)c2c(F)cccc2Cl)n1. The van der Waals surface area contributed by atoms with Crippen LogP contribution >= 0.6 is 11.6 Å². The topological polar surface area (TPSA) is 68.0 Å². The summed E-state index contributed by atoms with van der Waals surface area (Å²) in [6.07, 6.45) is 0.350. The first-order valence-corrected chi connectivity index (χ1v) is 7.55. The van der Waals surface area contributed by atoms with E-state index in [1.165, 1.54) is 18.2 Å². The van der Waals surface area contributed by atoms with E-state index in [2.05, 4.69) is 15.5 Å². The molecule has 7 heteroatoms. The summed E-state index contributed by atoms with van der Waals surface area (Å²) in [6, 6.07) is 11.2. The maximum Gasteiger partial charge on any atom is 0.260 e. The average Bonchev–Trinajstić information content (AvgIpc) is 2.94. The first-order valence-electron chi connectivity index (χ1n) is 7.17. The number of nitrogens with one attached hydrogen (secondary N) is 1. The second-order valence-corrected chi connectivity index (χ2v) is 5.53. The van der Waals surface area contributed by atoms with Gasteiger partial charge in [-0.25, -0.2) is 4.39 Å². The molecule has 0 radical (unpaired) electrons. The van der Waals surface area contributed by atoms with Crippen molar-refractivity contribution < 1.29 is 13.7 Å². The van der Waals surface area contributed by atoms with Crippen LogP contribution in [0.5, 0.6) is 0 Å². The third kappa shape index (κ3) is 3.44. The van der Waals surface area contributed by atoms with Crippen molar-refractivity contribution in [3.63, 3.8) is 0 Å². The number of rotatable bonds is 4. The van der Waals surface area contributed by atoms with Gasteiger partial charge in [-0.15, -0.1) is 0 Å². The molecule has 0 saturated heterocycles. The summed E-state index contributed by atoms with van der Waals surface area (Å²) in [7, 11) is 0. The minimum Gasteiger partial charge on any atom is -0.339 e. The number of nitrogens with zero attached hydrogens (tertiary/aromatic N) is 2. The number of aryl methyl sites for hydroxylation is 1. The summed E-state index contributed by atoms with van der Waals surface area (Å²) in [6.45, 7) is 1.72. The first kappa shape index (κ1) is 16.1. The first-order chi connectivity index (χ1) is 11.5. The van der Waals surface area contributed by atoms with E-state index in [0.717, 1.165) is 5.56 Å². The minimum absolute atomic E-state index is 0.0532. The van der Waals surface area contributed by atoms with Gasteiger partial charge in [0.1, 0.15) is 5.82 Å². The van der Waals surface area contributed by atoms with Crippen LogP contribution in [-0.4, -0.2) is 16.0 Å². The van der Waals surface area contributed by atoms with E-state index in [4.69, 9.17) is 16.1 Å². The molecular formula is C17H13ClFN3O2. The molecule has 0 fully saturated rings. The van der Waals surface area contributed by atoms with Crippen molar-refractivity contribution in [2.45, 2.75) is 13.3 Å². The molecule has 1 heterocycles. The Bertz CT molecular complexity index is 875. The van der Waals surface area contributed by atoms with E-state index < -0.39 is 11.7 Å². The predicted molar refractivity (Wildman–Crippen MR) is 87.6 cm³/mol. The Kier molecular flexibility index (Phi) is 4.57. The van der Waals surface area contributed by atoms with Crippen molar-refractivity contribution in [2.75, 3.05) is 5.32 Å². The monoisotopic (exact) mass is 345 g/mol. The van der Waals surface area contributed by atoms with Crippen molar-refractivity contribution in [1.29, 1.82) is 0 Å². The van der Waals surface area contributed by atoms with Crippen molar-refractivity contribution >= 4 is 23.2 Å². The van der Waals surface area contributed by atoms with Gasteiger partial charge in [0.05, 0.1) is 17.0 Å². The lowest BCUT2D eigenvalue weighted by atomic mass is 10.1. The maximum absolute atomic E-state index is 13.9. The molecule has 24 heavy (non-hydrogen) atoms. The number of para-hydroxylation sites is 1. The Morgan fingerprint density at radius 1 is 1.25 bits per heavy atom. The van der Waals surface area contributed by atoms with E-state index in [1.54, 1.807) is 19.1 Å². The van der Waals surface area contributed by atoms with E-state index >= 15 is 0 Å². The number of benzene rings is 2.